The van der Waals surface area contributed by atoms with E-state index >= 15 is 0 Å². The zero-order chi connectivity index (χ0) is 31.5. The molecule has 4 rings (SSSR count). The molecule has 1 atom stereocenters. The molecule has 0 radical (unpaired) electrons. The van der Waals surface area contributed by atoms with Gasteiger partial charge in [-0.05, 0) is 61.2 Å². The van der Waals surface area contributed by atoms with Crippen LogP contribution in [0.3, 0.4) is 0 Å². The second-order valence-electron chi connectivity index (χ2n) is 11.0. The Morgan fingerprint density at radius 1 is 0.795 bits per heavy atom. The molecule has 0 heterocycles. The fourth-order valence-corrected chi connectivity index (χ4v) is 6.41. The molecular formula is C36H41N3O4S. The summed E-state index contributed by atoms with van der Waals surface area (Å²) in [6.45, 7) is 6.07. The van der Waals surface area contributed by atoms with E-state index in [0.29, 0.717) is 12.2 Å². The summed E-state index contributed by atoms with van der Waals surface area (Å²) in [7, 11) is -4.12. The lowest BCUT2D eigenvalue weighted by molar-refractivity contribution is -0.140. The molecule has 0 aliphatic heterocycles. The Bertz CT molecular complexity index is 1630. The standard InChI is InChI=1S/C36H41N3O4S/c1-4-5-24-37-36(41)34(25-30-15-8-6-9-16-30)38(26-31-17-13-12-14-29(31)3)35(40)27-39(32-18-10-7-11-19-32)44(42,43)33-22-20-28(2)21-23-33/h6-23,34H,4-5,24-27H2,1-3H3,(H,37,41)/t34-/m1/s1. The quantitative estimate of drug-likeness (QED) is 0.176. The molecule has 0 saturated heterocycles. The smallest absolute Gasteiger partial charge is 0.264 e. The summed E-state index contributed by atoms with van der Waals surface area (Å²) in [6, 6.07) is 31.6. The number of aryl methyl sites for hydroxylation is 2. The van der Waals surface area contributed by atoms with Gasteiger partial charge in [0.05, 0.1) is 10.6 Å². The Balaban J connectivity index is 1.78. The maximum Gasteiger partial charge on any atom is 0.264 e. The Morgan fingerprint density at radius 2 is 1.41 bits per heavy atom. The SMILES string of the molecule is CCCCNC(=O)[C@@H](Cc1ccccc1)N(Cc1ccccc1C)C(=O)CN(c1ccccc1)S(=O)(=O)c1ccc(C)cc1. The molecule has 0 spiro atoms. The maximum absolute atomic E-state index is 14.5. The molecule has 0 aliphatic rings. The van der Waals surface area contributed by atoms with Crippen molar-refractivity contribution in [2.75, 3.05) is 17.4 Å². The first-order valence-corrected chi connectivity index (χ1v) is 16.4. The molecule has 0 aromatic heterocycles. The summed E-state index contributed by atoms with van der Waals surface area (Å²) < 4.78 is 29.3. The van der Waals surface area contributed by atoms with Gasteiger partial charge in [-0.1, -0.05) is 104 Å². The van der Waals surface area contributed by atoms with Crippen molar-refractivity contribution in [2.24, 2.45) is 0 Å². The largest absolute Gasteiger partial charge is 0.354 e. The molecule has 0 fully saturated rings. The van der Waals surface area contributed by atoms with E-state index in [4.69, 9.17) is 0 Å². The van der Waals surface area contributed by atoms with Crippen LogP contribution in [0.15, 0.2) is 114 Å². The average molecular weight is 612 g/mol. The summed E-state index contributed by atoms with van der Waals surface area (Å²) in [5.74, 6) is -0.740. The molecule has 7 nitrogen and oxygen atoms in total. The van der Waals surface area contributed by atoms with Crippen LogP contribution in [0.5, 0.6) is 0 Å². The van der Waals surface area contributed by atoms with E-state index < -0.39 is 28.5 Å². The Labute approximate surface area is 261 Å². The summed E-state index contributed by atoms with van der Waals surface area (Å²) in [5, 5.41) is 3.02. The number of unbranched alkanes of at least 4 members (excludes halogenated alkanes) is 1. The van der Waals surface area contributed by atoms with Gasteiger partial charge in [-0.25, -0.2) is 8.42 Å². The van der Waals surface area contributed by atoms with Crippen LogP contribution in [0.4, 0.5) is 5.69 Å². The fraction of sp³-hybridized carbons (Fsp3) is 0.278. The van der Waals surface area contributed by atoms with Crippen molar-refractivity contribution in [2.45, 2.75) is 57.5 Å². The van der Waals surface area contributed by atoms with Crippen LogP contribution < -0.4 is 9.62 Å². The van der Waals surface area contributed by atoms with Crippen LogP contribution in [0.2, 0.25) is 0 Å². The molecule has 2 amide bonds. The van der Waals surface area contributed by atoms with Gasteiger partial charge in [0.2, 0.25) is 11.8 Å². The van der Waals surface area contributed by atoms with E-state index in [1.807, 2.05) is 75.4 Å². The topological polar surface area (TPSA) is 86.8 Å². The number of carbonyl (C=O) groups excluding carboxylic acids is 2. The Kier molecular flexibility index (Phi) is 11.3. The van der Waals surface area contributed by atoms with E-state index in [1.54, 1.807) is 54.6 Å². The number of rotatable bonds is 14. The molecule has 0 aliphatic carbocycles. The van der Waals surface area contributed by atoms with Crippen LogP contribution in [-0.2, 0) is 32.6 Å². The van der Waals surface area contributed by atoms with Gasteiger partial charge in [-0.2, -0.15) is 0 Å². The van der Waals surface area contributed by atoms with Gasteiger partial charge in [0.15, 0.2) is 0 Å². The highest BCUT2D eigenvalue weighted by molar-refractivity contribution is 7.92. The highest BCUT2D eigenvalue weighted by Gasteiger charge is 2.34. The third kappa shape index (κ3) is 8.35. The Hall–Kier alpha value is -4.43. The first-order valence-electron chi connectivity index (χ1n) is 15.0. The summed E-state index contributed by atoms with van der Waals surface area (Å²) >= 11 is 0. The number of sulfonamides is 1. The molecule has 0 bridgehead atoms. The zero-order valence-electron chi connectivity index (χ0n) is 25.6. The number of nitrogens with zero attached hydrogens (tertiary/aromatic N) is 2. The molecule has 4 aromatic rings. The minimum absolute atomic E-state index is 0.0864. The zero-order valence-corrected chi connectivity index (χ0v) is 26.5. The van der Waals surface area contributed by atoms with E-state index in [0.717, 1.165) is 39.4 Å². The monoisotopic (exact) mass is 611 g/mol. The van der Waals surface area contributed by atoms with Crippen molar-refractivity contribution in [3.8, 4) is 0 Å². The second-order valence-corrected chi connectivity index (χ2v) is 12.8. The van der Waals surface area contributed by atoms with Gasteiger partial charge in [0.1, 0.15) is 12.6 Å². The number of amides is 2. The first kappa shape index (κ1) is 32.5. The summed E-state index contributed by atoms with van der Waals surface area (Å²) in [6.07, 6.45) is 2.01. The molecule has 8 heteroatoms. The lowest BCUT2D eigenvalue weighted by Crippen LogP contribution is -2.53. The lowest BCUT2D eigenvalue weighted by Gasteiger charge is -2.34. The fourth-order valence-electron chi connectivity index (χ4n) is 4.99. The van der Waals surface area contributed by atoms with E-state index in [9.17, 15) is 18.0 Å². The minimum Gasteiger partial charge on any atom is -0.354 e. The third-order valence-corrected chi connectivity index (χ3v) is 9.42. The second kappa shape index (κ2) is 15.3. The van der Waals surface area contributed by atoms with Crippen molar-refractivity contribution in [3.63, 3.8) is 0 Å². The van der Waals surface area contributed by atoms with Gasteiger partial charge in [0.25, 0.3) is 10.0 Å². The summed E-state index contributed by atoms with van der Waals surface area (Å²) in [5.41, 5.74) is 4.05. The molecule has 4 aromatic carbocycles. The van der Waals surface area contributed by atoms with Crippen molar-refractivity contribution in [1.29, 1.82) is 0 Å². The number of carbonyl (C=O) groups is 2. The molecule has 230 valence electrons. The molecule has 1 N–H and O–H groups in total. The highest BCUT2D eigenvalue weighted by atomic mass is 32.2. The van der Waals surface area contributed by atoms with Gasteiger partial charge < -0.3 is 10.2 Å². The van der Waals surface area contributed by atoms with Gasteiger partial charge >= 0.3 is 0 Å². The van der Waals surface area contributed by atoms with Crippen molar-refractivity contribution >= 4 is 27.5 Å². The predicted molar refractivity (Wildman–Crippen MR) is 176 cm³/mol. The number of nitrogens with one attached hydrogen (secondary N) is 1. The molecule has 0 unspecified atom stereocenters. The number of anilines is 1. The summed E-state index contributed by atoms with van der Waals surface area (Å²) in [4.78, 5) is 29.9. The van der Waals surface area contributed by atoms with Crippen LogP contribution in [-0.4, -0.2) is 44.3 Å². The van der Waals surface area contributed by atoms with Gasteiger partial charge in [-0.15, -0.1) is 0 Å². The highest BCUT2D eigenvalue weighted by Crippen LogP contribution is 2.25. The van der Waals surface area contributed by atoms with Crippen molar-refractivity contribution in [1.82, 2.24) is 10.2 Å². The van der Waals surface area contributed by atoms with Crippen molar-refractivity contribution < 1.29 is 18.0 Å². The van der Waals surface area contributed by atoms with Crippen LogP contribution in [0, 0.1) is 13.8 Å². The van der Waals surface area contributed by atoms with E-state index in [2.05, 4.69) is 5.32 Å². The average Bonchev–Trinajstić information content (AvgIpc) is 3.03. The number of para-hydroxylation sites is 1. The number of hydrogen-bond acceptors (Lipinski definition) is 4. The molecule has 44 heavy (non-hydrogen) atoms. The molecule has 0 saturated carbocycles. The number of benzene rings is 4. The first-order chi connectivity index (χ1) is 21.2. The third-order valence-electron chi connectivity index (χ3n) is 7.63. The van der Waals surface area contributed by atoms with Gasteiger partial charge in [-0.3, -0.25) is 13.9 Å². The predicted octanol–water partition coefficient (Wildman–Crippen LogP) is 6.06. The van der Waals surface area contributed by atoms with Gasteiger partial charge in [0, 0.05) is 19.5 Å². The maximum atomic E-state index is 14.5. The van der Waals surface area contributed by atoms with Crippen LogP contribution >= 0.6 is 0 Å². The van der Waals surface area contributed by atoms with Crippen molar-refractivity contribution in [3.05, 3.63) is 131 Å². The molecular weight excluding hydrogens is 570 g/mol. The Morgan fingerprint density at radius 3 is 2.05 bits per heavy atom. The van der Waals surface area contributed by atoms with E-state index in [1.165, 1.54) is 4.90 Å². The normalized spacial score (nSPS) is 11.9. The number of hydrogen-bond donors (Lipinski definition) is 1. The minimum atomic E-state index is -4.12. The lowest BCUT2D eigenvalue weighted by atomic mass is 10.0. The van der Waals surface area contributed by atoms with Crippen LogP contribution in [0.25, 0.3) is 0 Å². The van der Waals surface area contributed by atoms with E-state index in [-0.39, 0.29) is 23.8 Å². The van der Waals surface area contributed by atoms with Crippen LogP contribution in [0.1, 0.15) is 42.0 Å².